The minimum Gasteiger partial charge on any atom is -0.508 e. The fraction of sp³-hybridized carbons (Fsp3) is 0.625. The van der Waals surface area contributed by atoms with Crippen LogP contribution in [0.5, 0.6) is 5.75 Å². The number of fused-ring (bicyclic) bond motifs is 3. The molecule has 0 spiro atoms. The highest BCUT2D eigenvalue weighted by Gasteiger charge is 2.46. The molecule has 2 aliphatic rings. The molecule has 3 rings (SSSR count). The Morgan fingerprint density at radius 2 is 1.97 bits per heavy atom. The van der Waals surface area contributed by atoms with Crippen LogP contribution in [0.15, 0.2) is 18.2 Å². The van der Waals surface area contributed by atoms with Crippen LogP contribution < -0.4 is 5.32 Å². The maximum Gasteiger partial charge on any atom is 0.410 e. The van der Waals surface area contributed by atoms with Crippen molar-refractivity contribution in [2.75, 3.05) is 13.6 Å². The Balaban J connectivity index is 1.82. The summed E-state index contributed by atoms with van der Waals surface area (Å²) < 4.78 is 5.35. The number of hydrogen-bond donors (Lipinski definition) is 2. The van der Waals surface area contributed by atoms with Crippen LogP contribution in [0.3, 0.4) is 0 Å². The first-order valence-corrected chi connectivity index (χ1v) is 11.1. The molecular weight excluding hydrogens is 410 g/mol. The number of phenols is 1. The minimum absolute atomic E-state index is 0.0703. The van der Waals surface area contributed by atoms with Crippen LogP contribution in [-0.2, 0) is 20.7 Å². The quantitative estimate of drug-likeness (QED) is 0.745. The molecule has 0 unspecified atom stereocenters. The summed E-state index contributed by atoms with van der Waals surface area (Å²) >= 11 is 0. The van der Waals surface area contributed by atoms with Crippen LogP contribution in [0.4, 0.5) is 4.79 Å². The number of phenolic OH excluding ortho intramolecular Hbond substituents is 1. The van der Waals surface area contributed by atoms with Crippen LogP contribution in [0.25, 0.3) is 0 Å². The first-order chi connectivity index (χ1) is 14.7. The number of benzene rings is 1. The Bertz CT molecular complexity index is 921. The van der Waals surface area contributed by atoms with Gasteiger partial charge in [0.2, 0.25) is 11.8 Å². The lowest BCUT2D eigenvalue weighted by Gasteiger charge is -2.30. The van der Waals surface area contributed by atoms with E-state index in [9.17, 15) is 19.5 Å². The minimum atomic E-state index is -0.814. The van der Waals surface area contributed by atoms with Crippen molar-refractivity contribution in [1.29, 1.82) is 0 Å². The number of likely N-dealkylation sites (N-methyl/N-ethyl adjacent to an activating group) is 1. The molecule has 1 fully saturated rings. The van der Waals surface area contributed by atoms with Crippen LogP contribution >= 0.6 is 0 Å². The molecule has 2 aliphatic heterocycles. The van der Waals surface area contributed by atoms with Crippen LogP contribution in [0, 0.1) is 5.41 Å². The smallest absolute Gasteiger partial charge is 0.410 e. The van der Waals surface area contributed by atoms with Crippen molar-refractivity contribution in [3.05, 3.63) is 29.3 Å². The highest BCUT2D eigenvalue weighted by Crippen LogP contribution is 2.46. The maximum atomic E-state index is 13.5. The predicted molar refractivity (Wildman–Crippen MR) is 120 cm³/mol. The van der Waals surface area contributed by atoms with Gasteiger partial charge in [-0.25, -0.2) is 4.79 Å². The monoisotopic (exact) mass is 445 g/mol. The molecule has 8 nitrogen and oxygen atoms in total. The molecule has 0 radical (unpaired) electrons. The van der Waals surface area contributed by atoms with Gasteiger partial charge in [0.15, 0.2) is 0 Å². The summed E-state index contributed by atoms with van der Waals surface area (Å²) in [4.78, 5) is 41.9. The summed E-state index contributed by atoms with van der Waals surface area (Å²) in [7, 11) is 1.50. The predicted octanol–water partition coefficient (Wildman–Crippen LogP) is 2.99. The fourth-order valence-electron chi connectivity index (χ4n) is 4.44. The fourth-order valence-corrected chi connectivity index (χ4v) is 4.44. The lowest BCUT2D eigenvalue weighted by Crippen LogP contribution is -2.54. The largest absolute Gasteiger partial charge is 0.508 e. The first-order valence-electron chi connectivity index (χ1n) is 11.1. The Hall–Kier alpha value is -2.77. The highest BCUT2D eigenvalue weighted by molar-refractivity contribution is 5.92. The second-order valence-corrected chi connectivity index (χ2v) is 10.8. The van der Waals surface area contributed by atoms with Gasteiger partial charge in [0.25, 0.3) is 0 Å². The third kappa shape index (κ3) is 5.00. The summed E-state index contributed by atoms with van der Waals surface area (Å²) in [5.41, 5.74) is 1.12. The molecule has 0 aliphatic carbocycles. The van der Waals surface area contributed by atoms with Crippen molar-refractivity contribution >= 4 is 17.9 Å². The second kappa shape index (κ2) is 8.30. The van der Waals surface area contributed by atoms with E-state index in [4.69, 9.17) is 4.74 Å². The Morgan fingerprint density at radius 3 is 2.59 bits per heavy atom. The van der Waals surface area contributed by atoms with Gasteiger partial charge in [-0.05, 0) is 62.8 Å². The van der Waals surface area contributed by atoms with Crippen molar-refractivity contribution < 1.29 is 24.2 Å². The number of aromatic hydroxyl groups is 1. The van der Waals surface area contributed by atoms with Crippen LogP contribution in [0.2, 0.25) is 0 Å². The van der Waals surface area contributed by atoms with E-state index < -0.39 is 29.7 Å². The average Bonchev–Trinajstić information content (AvgIpc) is 2.96. The second-order valence-electron chi connectivity index (χ2n) is 10.8. The average molecular weight is 446 g/mol. The number of carbonyl (C=O) groups is 3. The van der Waals surface area contributed by atoms with Gasteiger partial charge >= 0.3 is 6.09 Å². The molecule has 0 saturated carbocycles. The van der Waals surface area contributed by atoms with E-state index in [1.54, 1.807) is 39.8 Å². The maximum absolute atomic E-state index is 13.5. The van der Waals surface area contributed by atoms with Gasteiger partial charge in [0.1, 0.15) is 23.4 Å². The van der Waals surface area contributed by atoms with Gasteiger partial charge in [-0.1, -0.05) is 19.9 Å². The van der Waals surface area contributed by atoms with Gasteiger partial charge in [-0.2, -0.15) is 0 Å². The molecule has 3 atom stereocenters. The third-order valence-corrected chi connectivity index (χ3v) is 6.17. The summed E-state index contributed by atoms with van der Waals surface area (Å²) in [6.45, 7) is 11.7. The van der Waals surface area contributed by atoms with E-state index >= 15 is 0 Å². The number of rotatable bonds is 3. The van der Waals surface area contributed by atoms with Gasteiger partial charge in [-0.15, -0.1) is 0 Å². The zero-order chi connectivity index (χ0) is 24.0. The van der Waals surface area contributed by atoms with Crippen molar-refractivity contribution in [2.24, 2.45) is 5.41 Å². The zero-order valence-corrected chi connectivity index (χ0v) is 20.1. The molecule has 1 aromatic rings. The number of nitrogens with one attached hydrogen (secondary N) is 1. The zero-order valence-electron chi connectivity index (χ0n) is 20.1. The van der Waals surface area contributed by atoms with Gasteiger partial charge in [0.05, 0.1) is 6.04 Å². The third-order valence-electron chi connectivity index (χ3n) is 6.17. The van der Waals surface area contributed by atoms with E-state index in [-0.39, 0.29) is 23.1 Å². The lowest BCUT2D eigenvalue weighted by atomic mass is 9.86. The molecule has 2 N–H and O–H groups in total. The molecule has 3 amide bonds. The molecule has 0 bridgehead atoms. The SMILES string of the molecule is C[C@@H](C(=O)N[C@H]1Cc2ccc(O)cc2[C@H]2CC(C)(C)CN2C1=O)N(C)C(=O)OC(C)(C)C. The topological polar surface area (TPSA) is 99.2 Å². The molecule has 176 valence electrons. The summed E-state index contributed by atoms with van der Waals surface area (Å²) in [6, 6.07) is 3.46. The molecule has 32 heavy (non-hydrogen) atoms. The number of nitrogens with zero attached hydrogens (tertiary/aromatic N) is 2. The van der Waals surface area contributed by atoms with E-state index in [2.05, 4.69) is 19.2 Å². The Labute approximate surface area is 189 Å². The van der Waals surface area contributed by atoms with Crippen molar-refractivity contribution in [3.63, 3.8) is 0 Å². The molecule has 1 saturated heterocycles. The number of hydrogen-bond acceptors (Lipinski definition) is 5. The lowest BCUT2D eigenvalue weighted by molar-refractivity contribution is -0.138. The van der Waals surface area contributed by atoms with E-state index in [0.29, 0.717) is 13.0 Å². The van der Waals surface area contributed by atoms with Crippen LogP contribution in [0.1, 0.15) is 65.1 Å². The van der Waals surface area contributed by atoms with Crippen molar-refractivity contribution in [2.45, 2.75) is 78.1 Å². The van der Waals surface area contributed by atoms with Crippen LogP contribution in [-0.4, -0.2) is 64.1 Å². The summed E-state index contributed by atoms with van der Waals surface area (Å²) in [5.74, 6) is -0.401. The van der Waals surface area contributed by atoms with E-state index in [1.807, 2.05) is 11.0 Å². The van der Waals surface area contributed by atoms with Crippen molar-refractivity contribution in [1.82, 2.24) is 15.1 Å². The van der Waals surface area contributed by atoms with Gasteiger partial charge < -0.3 is 20.1 Å². The van der Waals surface area contributed by atoms with Crippen molar-refractivity contribution in [3.8, 4) is 5.75 Å². The number of ether oxygens (including phenoxy) is 1. The Morgan fingerprint density at radius 1 is 1.31 bits per heavy atom. The molecule has 1 aromatic carbocycles. The number of carbonyl (C=O) groups excluding carboxylic acids is 3. The van der Waals surface area contributed by atoms with E-state index in [0.717, 1.165) is 17.5 Å². The first kappa shape index (κ1) is 23.9. The normalized spacial score (nSPS) is 23.0. The molecular formula is C24H35N3O5. The van der Waals surface area contributed by atoms with E-state index in [1.165, 1.54) is 11.9 Å². The standard InChI is InChI=1S/C24H35N3O5/c1-14(26(7)22(31)32-23(2,3)4)20(29)25-18-10-15-8-9-16(28)11-17(15)19-12-24(5,6)13-27(19)21(18)30/h8-9,11,14,18-19,28H,10,12-13H2,1-7H3,(H,25,29)/t14-,18-,19+/m0/s1. The summed E-state index contributed by atoms with van der Waals surface area (Å²) in [6.07, 6.45) is 0.513. The molecule has 2 heterocycles. The van der Waals surface area contributed by atoms with Gasteiger partial charge in [-0.3, -0.25) is 14.5 Å². The summed E-state index contributed by atoms with van der Waals surface area (Å²) in [5, 5.41) is 12.9. The highest BCUT2D eigenvalue weighted by atomic mass is 16.6. The Kier molecular flexibility index (Phi) is 6.19. The molecule has 8 heteroatoms. The van der Waals surface area contributed by atoms with Gasteiger partial charge in [0, 0.05) is 20.0 Å². The number of amides is 3. The molecule has 0 aromatic heterocycles.